The van der Waals surface area contributed by atoms with Gasteiger partial charge in [0.25, 0.3) is 0 Å². The highest BCUT2D eigenvalue weighted by molar-refractivity contribution is 6.30. The molecule has 0 amide bonds. The minimum absolute atomic E-state index is 0.557. The molecular formula is C24H24ClN7. The Labute approximate surface area is 191 Å². The van der Waals surface area contributed by atoms with Gasteiger partial charge in [0.1, 0.15) is 11.6 Å². The second kappa shape index (κ2) is 8.98. The molecule has 0 radical (unpaired) electrons. The fourth-order valence-corrected chi connectivity index (χ4v) is 4.01. The van der Waals surface area contributed by atoms with E-state index in [4.69, 9.17) is 21.6 Å². The molecule has 0 spiro atoms. The van der Waals surface area contributed by atoms with Crippen LogP contribution >= 0.6 is 11.6 Å². The third-order valence-electron chi connectivity index (χ3n) is 5.45. The van der Waals surface area contributed by atoms with Gasteiger partial charge < -0.3 is 10.6 Å². The van der Waals surface area contributed by atoms with Crippen LogP contribution in [0.3, 0.4) is 0 Å². The topological polar surface area (TPSA) is 81.8 Å². The van der Waals surface area contributed by atoms with Crippen molar-refractivity contribution in [3.63, 3.8) is 0 Å². The lowest BCUT2D eigenvalue weighted by Crippen LogP contribution is -2.31. The van der Waals surface area contributed by atoms with Gasteiger partial charge in [-0.1, -0.05) is 41.9 Å². The molecule has 7 nitrogen and oxygen atoms in total. The van der Waals surface area contributed by atoms with E-state index in [0.717, 1.165) is 60.3 Å². The molecule has 4 aromatic rings. The first-order valence-corrected chi connectivity index (χ1v) is 11.0. The van der Waals surface area contributed by atoms with Gasteiger partial charge in [0.05, 0.1) is 11.4 Å². The lowest BCUT2D eigenvalue weighted by molar-refractivity contribution is 0.243. The van der Waals surface area contributed by atoms with Gasteiger partial charge in [-0.15, -0.1) is 0 Å². The zero-order chi connectivity index (χ0) is 21.9. The number of H-pyrrole nitrogens is 1. The van der Waals surface area contributed by atoms with Crippen LogP contribution in [-0.2, 0) is 19.5 Å². The quantitative estimate of drug-likeness (QED) is 0.378. The van der Waals surface area contributed by atoms with Crippen molar-refractivity contribution >= 4 is 34.9 Å². The summed E-state index contributed by atoms with van der Waals surface area (Å²) in [5.41, 5.74) is 5.28. The van der Waals surface area contributed by atoms with Gasteiger partial charge in [-0.25, -0.2) is 4.98 Å². The van der Waals surface area contributed by atoms with Crippen molar-refractivity contribution in [3.05, 3.63) is 88.2 Å². The third kappa shape index (κ3) is 4.74. The average Bonchev–Trinajstić information content (AvgIpc) is 3.21. The van der Waals surface area contributed by atoms with Crippen molar-refractivity contribution in [1.29, 1.82) is 0 Å². The Kier molecular flexibility index (Phi) is 5.75. The van der Waals surface area contributed by atoms with Crippen molar-refractivity contribution < 1.29 is 0 Å². The van der Waals surface area contributed by atoms with Crippen molar-refractivity contribution in [1.82, 2.24) is 25.1 Å². The molecule has 2 aromatic carbocycles. The van der Waals surface area contributed by atoms with Crippen molar-refractivity contribution in [2.75, 3.05) is 17.2 Å². The Hall–Kier alpha value is -3.42. The Morgan fingerprint density at radius 1 is 1.03 bits per heavy atom. The Morgan fingerprint density at radius 2 is 1.84 bits per heavy atom. The molecule has 0 atom stereocenters. The molecule has 1 aliphatic rings. The number of halogens is 1. The summed E-state index contributed by atoms with van der Waals surface area (Å²) in [5, 5.41) is 14.7. The number of rotatable bonds is 6. The number of anilines is 4. The monoisotopic (exact) mass is 445 g/mol. The van der Waals surface area contributed by atoms with Crippen molar-refractivity contribution in [2.45, 2.75) is 26.4 Å². The number of nitrogens with one attached hydrogen (secondary N) is 3. The van der Waals surface area contributed by atoms with E-state index in [0.29, 0.717) is 11.0 Å². The molecule has 0 unspecified atom stereocenters. The van der Waals surface area contributed by atoms with Crippen LogP contribution in [0.15, 0.2) is 60.7 Å². The van der Waals surface area contributed by atoms with E-state index in [9.17, 15) is 0 Å². The minimum atomic E-state index is 0.557. The molecular weight excluding hydrogens is 422 g/mol. The predicted molar refractivity (Wildman–Crippen MR) is 128 cm³/mol. The van der Waals surface area contributed by atoms with E-state index < -0.39 is 0 Å². The standard InChI is InChI=1S/C24H24ClN7/c1-16-13-22(31-30-16)28-23-20-15-32(14-17-5-3-2-4-6-17)12-11-21(20)27-24(29-23)26-19-9-7-18(25)8-10-19/h2-10,13H,11-12,14-15H2,1H3,(H3,26,27,28,29,30,31). The summed E-state index contributed by atoms with van der Waals surface area (Å²) in [4.78, 5) is 12.1. The highest BCUT2D eigenvalue weighted by Crippen LogP contribution is 2.29. The molecule has 1 aliphatic heterocycles. The van der Waals surface area contributed by atoms with E-state index in [1.165, 1.54) is 5.56 Å². The number of aryl methyl sites for hydroxylation is 1. The zero-order valence-corrected chi connectivity index (χ0v) is 18.5. The molecule has 8 heteroatoms. The Balaban J connectivity index is 1.44. The predicted octanol–water partition coefficient (Wildman–Crippen LogP) is 5.21. The summed E-state index contributed by atoms with van der Waals surface area (Å²) in [5.74, 6) is 2.15. The molecule has 0 saturated heterocycles. The van der Waals surface area contributed by atoms with Crippen LogP contribution < -0.4 is 10.6 Å². The zero-order valence-electron chi connectivity index (χ0n) is 17.8. The van der Waals surface area contributed by atoms with Crippen LogP contribution in [-0.4, -0.2) is 31.6 Å². The lowest BCUT2D eigenvalue weighted by Gasteiger charge is -2.29. The first kappa shape index (κ1) is 20.5. The van der Waals surface area contributed by atoms with Gasteiger partial charge >= 0.3 is 0 Å². The first-order valence-electron chi connectivity index (χ1n) is 10.6. The maximum absolute atomic E-state index is 6.02. The fourth-order valence-electron chi connectivity index (χ4n) is 3.88. The molecule has 0 saturated carbocycles. The normalized spacial score (nSPS) is 13.6. The van der Waals surface area contributed by atoms with Gasteiger partial charge in [-0.2, -0.15) is 10.1 Å². The van der Waals surface area contributed by atoms with E-state index in [-0.39, 0.29) is 0 Å². The van der Waals surface area contributed by atoms with Gasteiger partial charge in [-0.05, 0) is 36.8 Å². The Morgan fingerprint density at radius 3 is 2.59 bits per heavy atom. The van der Waals surface area contributed by atoms with Crippen molar-refractivity contribution in [3.8, 4) is 0 Å². The average molecular weight is 446 g/mol. The summed E-state index contributed by atoms with van der Waals surface area (Å²) >= 11 is 6.02. The largest absolute Gasteiger partial charge is 0.325 e. The number of fused-ring (bicyclic) bond motifs is 1. The maximum Gasteiger partial charge on any atom is 0.229 e. The summed E-state index contributed by atoms with van der Waals surface area (Å²) in [7, 11) is 0. The Bertz CT molecular complexity index is 1210. The van der Waals surface area contributed by atoms with Gasteiger partial charge in [0, 0.05) is 48.4 Å². The maximum atomic E-state index is 6.02. The summed E-state index contributed by atoms with van der Waals surface area (Å²) in [6.45, 7) is 4.57. The summed E-state index contributed by atoms with van der Waals surface area (Å²) in [6, 6.07) is 20.0. The second-order valence-electron chi connectivity index (χ2n) is 7.95. The third-order valence-corrected chi connectivity index (χ3v) is 5.70. The van der Waals surface area contributed by atoms with Crippen LogP contribution in [0.1, 0.15) is 22.5 Å². The number of aromatic amines is 1. The smallest absolute Gasteiger partial charge is 0.229 e. The van der Waals surface area contributed by atoms with Crippen molar-refractivity contribution in [2.24, 2.45) is 0 Å². The molecule has 3 heterocycles. The number of nitrogens with zero attached hydrogens (tertiary/aromatic N) is 4. The van der Waals surface area contributed by atoms with Gasteiger partial charge in [0.2, 0.25) is 5.95 Å². The fraction of sp³-hybridized carbons (Fsp3) is 0.208. The molecule has 32 heavy (non-hydrogen) atoms. The minimum Gasteiger partial charge on any atom is -0.325 e. The van der Waals surface area contributed by atoms with Gasteiger partial charge in [0.15, 0.2) is 0 Å². The van der Waals surface area contributed by atoms with E-state index >= 15 is 0 Å². The second-order valence-corrected chi connectivity index (χ2v) is 8.38. The number of aromatic nitrogens is 4. The molecule has 3 N–H and O–H groups in total. The van der Waals surface area contributed by atoms with Gasteiger partial charge in [-0.3, -0.25) is 10.00 Å². The van der Waals surface area contributed by atoms with E-state index in [2.05, 4.69) is 50.0 Å². The number of hydrogen-bond donors (Lipinski definition) is 3. The lowest BCUT2D eigenvalue weighted by atomic mass is 10.0. The molecule has 0 aliphatic carbocycles. The summed E-state index contributed by atoms with van der Waals surface area (Å²) < 4.78 is 0. The highest BCUT2D eigenvalue weighted by Gasteiger charge is 2.23. The van der Waals surface area contributed by atoms with Crippen LogP contribution in [0.4, 0.5) is 23.3 Å². The van der Waals surface area contributed by atoms with Crippen LogP contribution in [0.25, 0.3) is 0 Å². The SMILES string of the molecule is Cc1cc(Nc2nc(Nc3ccc(Cl)cc3)nc3c2CN(Cc2ccccc2)CC3)[nH]n1. The molecule has 0 fully saturated rings. The summed E-state index contributed by atoms with van der Waals surface area (Å²) in [6.07, 6.45) is 0.858. The number of benzene rings is 2. The molecule has 5 rings (SSSR count). The molecule has 0 bridgehead atoms. The van der Waals surface area contributed by atoms with Crippen LogP contribution in [0, 0.1) is 6.92 Å². The molecule has 162 valence electrons. The van der Waals surface area contributed by atoms with Crippen LogP contribution in [0.2, 0.25) is 5.02 Å². The first-order chi connectivity index (χ1) is 15.6. The van der Waals surface area contributed by atoms with Crippen LogP contribution in [0.5, 0.6) is 0 Å². The van der Waals surface area contributed by atoms with E-state index in [1.54, 1.807) is 0 Å². The highest BCUT2D eigenvalue weighted by atomic mass is 35.5. The van der Waals surface area contributed by atoms with E-state index in [1.807, 2.05) is 43.3 Å². The number of hydrogen-bond acceptors (Lipinski definition) is 6. The molecule has 2 aromatic heterocycles.